The van der Waals surface area contributed by atoms with Crippen molar-refractivity contribution >= 4 is 44.9 Å². The third-order valence-electron chi connectivity index (χ3n) is 4.53. The average molecular weight is 425 g/mol. The summed E-state index contributed by atoms with van der Waals surface area (Å²) in [5.41, 5.74) is 3.19. The van der Waals surface area contributed by atoms with E-state index in [4.69, 9.17) is 11.6 Å². The number of carbonyl (C=O) groups excluding carboxylic acids is 1. The highest BCUT2D eigenvalue weighted by Crippen LogP contribution is 2.26. The number of halogens is 1. The summed E-state index contributed by atoms with van der Waals surface area (Å²) in [5, 5.41) is 6.39. The molecule has 2 heterocycles. The van der Waals surface area contributed by atoms with Crippen molar-refractivity contribution in [3.05, 3.63) is 75.1 Å². The fourth-order valence-corrected chi connectivity index (χ4v) is 3.85. The normalized spacial score (nSPS) is 11.0. The Morgan fingerprint density at radius 1 is 1.21 bits per heavy atom. The number of aryl methyl sites for hydroxylation is 2. The summed E-state index contributed by atoms with van der Waals surface area (Å²) in [7, 11) is 0. The highest BCUT2D eigenvalue weighted by atomic mass is 35.5. The Kier molecular flexibility index (Phi) is 5.42. The lowest BCUT2D eigenvalue weighted by atomic mass is 10.1. The maximum atomic E-state index is 12.6. The van der Waals surface area contributed by atoms with Crippen molar-refractivity contribution in [3.63, 3.8) is 0 Å². The van der Waals surface area contributed by atoms with Crippen molar-refractivity contribution in [2.24, 2.45) is 0 Å². The number of anilines is 1. The monoisotopic (exact) mass is 424 g/mol. The van der Waals surface area contributed by atoms with Crippen LogP contribution in [0.25, 0.3) is 22.2 Å². The SMILES string of the molecule is Cc1cccc2c(=O)n(CCC(=O)Nc3nc(-c4ccc(Cl)cc4)cs3)cnc12. The van der Waals surface area contributed by atoms with Crippen LogP contribution in [-0.4, -0.2) is 20.4 Å². The van der Waals surface area contributed by atoms with Crippen LogP contribution in [0.5, 0.6) is 0 Å². The first-order valence-electron chi connectivity index (χ1n) is 8.97. The minimum Gasteiger partial charge on any atom is -0.302 e. The summed E-state index contributed by atoms with van der Waals surface area (Å²) in [4.78, 5) is 33.7. The zero-order valence-electron chi connectivity index (χ0n) is 15.6. The number of nitrogens with zero attached hydrogens (tertiary/aromatic N) is 3. The van der Waals surface area contributed by atoms with Crippen molar-refractivity contribution in [1.82, 2.24) is 14.5 Å². The van der Waals surface area contributed by atoms with Gasteiger partial charge in [0.15, 0.2) is 5.13 Å². The third-order valence-corrected chi connectivity index (χ3v) is 5.54. The smallest absolute Gasteiger partial charge is 0.261 e. The van der Waals surface area contributed by atoms with Gasteiger partial charge in [-0.05, 0) is 30.7 Å². The molecular weight excluding hydrogens is 408 g/mol. The molecule has 0 aliphatic rings. The number of hydrogen-bond acceptors (Lipinski definition) is 5. The van der Waals surface area contributed by atoms with Crippen molar-refractivity contribution in [3.8, 4) is 11.3 Å². The fraction of sp³-hybridized carbons (Fsp3) is 0.143. The van der Waals surface area contributed by atoms with Gasteiger partial charge in [0.05, 0.1) is 22.9 Å². The first-order chi connectivity index (χ1) is 14.0. The van der Waals surface area contributed by atoms with E-state index in [-0.39, 0.29) is 24.4 Å². The molecule has 1 N–H and O–H groups in total. The first-order valence-corrected chi connectivity index (χ1v) is 10.2. The standard InChI is InChI=1S/C21H17ClN4O2S/c1-13-3-2-4-16-19(13)23-12-26(20(16)28)10-9-18(27)25-21-24-17(11-29-21)14-5-7-15(22)8-6-14/h2-8,11-12H,9-10H2,1H3,(H,24,25,27). The van der Waals surface area contributed by atoms with Crippen LogP contribution in [0.15, 0.2) is 59.0 Å². The lowest BCUT2D eigenvalue weighted by molar-refractivity contribution is -0.116. The Morgan fingerprint density at radius 2 is 2.00 bits per heavy atom. The minimum atomic E-state index is -0.210. The third kappa shape index (κ3) is 4.21. The van der Waals surface area contributed by atoms with Crippen molar-refractivity contribution < 1.29 is 4.79 Å². The number of thiazole rings is 1. The number of aromatic nitrogens is 3. The maximum absolute atomic E-state index is 12.6. The van der Waals surface area contributed by atoms with Crippen LogP contribution in [-0.2, 0) is 11.3 Å². The summed E-state index contributed by atoms with van der Waals surface area (Å²) in [6.45, 7) is 2.16. The van der Waals surface area contributed by atoms with Crippen LogP contribution in [0, 0.1) is 6.92 Å². The molecule has 146 valence electrons. The summed E-state index contributed by atoms with van der Waals surface area (Å²) in [6.07, 6.45) is 1.64. The molecular formula is C21H17ClN4O2S. The molecule has 0 radical (unpaired) electrons. The fourth-order valence-electron chi connectivity index (χ4n) is 2.98. The number of hydrogen-bond donors (Lipinski definition) is 1. The Labute approximate surface area is 175 Å². The molecule has 0 bridgehead atoms. The van der Waals surface area contributed by atoms with Gasteiger partial charge in [-0.2, -0.15) is 0 Å². The largest absolute Gasteiger partial charge is 0.302 e. The van der Waals surface area contributed by atoms with Gasteiger partial charge in [-0.1, -0.05) is 35.9 Å². The number of amides is 1. The van der Waals surface area contributed by atoms with Crippen molar-refractivity contribution in [1.29, 1.82) is 0 Å². The topological polar surface area (TPSA) is 76.9 Å². The molecule has 4 aromatic rings. The van der Waals surface area contributed by atoms with Gasteiger partial charge in [0, 0.05) is 28.9 Å². The molecule has 2 aromatic carbocycles. The molecule has 1 amide bonds. The number of rotatable bonds is 5. The second kappa shape index (κ2) is 8.14. The zero-order valence-corrected chi connectivity index (χ0v) is 17.1. The molecule has 0 saturated carbocycles. The molecule has 4 rings (SSSR count). The summed E-state index contributed by atoms with van der Waals surface area (Å²) in [6, 6.07) is 12.9. The molecule has 0 unspecified atom stereocenters. The van der Waals surface area contributed by atoms with Crippen molar-refractivity contribution in [2.75, 3.05) is 5.32 Å². The van der Waals surface area contributed by atoms with E-state index >= 15 is 0 Å². The van der Waals surface area contributed by atoms with E-state index in [2.05, 4.69) is 15.3 Å². The lowest BCUT2D eigenvalue weighted by Crippen LogP contribution is -2.23. The average Bonchev–Trinajstić information content (AvgIpc) is 3.17. The van der Waals surface area contributed by atoms with E-state index in [9.17, 15) is 9.59 Å². The second-order valence-corrected chi connectivity index (χ2v) is 7.85. The predicted octanol–water partition coefficient (Wildman–Crippen LogP) is 4.51. The Hall–Kier alpha value is -3.03. The molecule has 2 aromatic heterocycles. The number of para-hydroxylation sites is 1. The molecule has 0 aliphatic carbocycles. The van der Waals surface area contributed by atoms with E-state index in [0.717, 1.165) is 16.8 Å². The van der Waals surface area contributed by atoms with E-state index in [1.165, 1.54) is 22.2 Å². The summed E-state index contributed by atoms with van der Waals surface area (Å²) in [5.74, 6) is -0.210. The number of nitrogens with one attached hydrogen (secondary N) is 1. The molecule has 0 spiro atoms. The van der Waals surface area contributed by atoms with Crippen LogP contribution >= 0.6 is 22.9 Å². The lowest BCUT2D eigenvalue weighted by Gasteiger charge is -2.07. The van der Waals surface area contributed by atoms with Gasteiger partial charge in [-0.3, -0.25) is 14.2 Å². The van der Waals surface area contributed by atoms with Gasteiger partial charge in [-0.25, -0.2) is 9.97 Å². The van der Waals surface area contributed by atoms with E-state index in [1.54, 1.807) is 18.2 Å². The number of carbonyl (C=O) groups is 1. The highest BCUT2D eigenvalue weighted by Gasteiger charge is 2.10. The first kappa shape index (κ1) is 19.3. The Morgan fingerprint density at radius 3 is 2.79 bits per heavy atom. The molecule has 8 heteroatoms. The number of fused-ring (bicyclic) bond motifs is 1. The van der Waals surface area contributed by atoms with Crippen molar-refractivity contribution in [2.45, 2.75) is 19.9 Å². The van der Waals surface area contributed by atoms with Gasteiger partial charge < -0.3 is 5.32 Å². The van der Waals surface area contributed by atoms with E-state index in [0.29, 0.717) is 21.1 Å². The van der Waals surface area contributed by atoms with E-state index < -0.39 is 0 Å². The van der Waals surface area contributed by atoms with Gasteiger partial charge in [0.1, 0.15) is 0 Å². The molecule has 0 saturated heterocycles. The van der Waals surface area contributed by atoms with Crippen LogP contribution in [0.2, 0.25) is 5.02 Å². The Balaban J connectivity index is 1.42. The Bertz CT molecular complexity index is 1250. The molecule has 29 heavy (non-hydrogen) atoms. The molecule has 0 aliphatic heterocycles. The van der Waals surface area contributed by atoms with Crippen LogP contribution in [0.4, 0.5) is 5.13 Å². The maximum Gasteiger partial charge on any atom is 0.261 e. The van der Waals surface area contributed by atoms with E-state index in [1.807, 2.05) is 36.6 Å². The van der Waals surface area contributed by atoms with Gasteiger partial charge in [0.25, 0.3) is 5.56 Å². The highest BCUT2D eigenvalue weighted by molar-refractivity contribution is 7.14. The summed E-state index contributed by atoms with van der Waals surface area (Å²) < 4.78 is 1.46. The van der Waals surface area contributed by atoms with Crippen LogP contribution < -0.4 is 10.9 Å². The molecule has 0 fully saturated rings. The van der Waals surface area contributed by atoms with Crippen LogP contribution in [0.1, 0.15) is 12.0 Å². The predicted molar refractivity (Wildman–Crippen MR) is 117 cm³/mol. The molecule has 6 nitrogen and oxygen atoms in total. The minimum absolute atomic E-state index is 0.147. The summed E-state index contributed by atoms with van der Waals surface area (Å²) >= 11 is 7.25. The number of benzene rings is 2. The second-order valence-electron chi connectivity index (χ2n) is 6.56. The van der Waals surface area contributed by atoms with Gasteiger partial charge in [0.2, 0.25) is 5.91 Å². The van der Waals surface area contributed by atoms with Gasteiger partial charge >= 0.3 is 0 Å². The zero-order chi connectivity index (χ0) is 20.4. The van der Waals surface area contributed by atoms with Crippen LogP contribution in [0.3, 0.4) is 0 Å². The quantitative estimate of drug-likeness (QED) is 0.511. The molecule has 0 atom stereocenters. The van der Waals surface area contributed by atoms with Gasteiger partial charge in [-0.15, -0.1) is 11.3 Å².